The fraction of sp³-hybridized carbons (Fsp3) is 0.500. The number of benzene rings is 1. The number of carbonyl (C=O) groups excluding carboxylic acids is 1. The summed E-state index contributed by atoms with van der Waals surface area (Å²) in [6, 6.07) is 4.00. The fourth-order valence-corrected chi connectivity index (χ4v) is 2.51. The minimum absolute atomic E-state index is 0.0458. The lowest BCUT2D eigenvalue weighted by atomic mass is 10.1. The Labute approximate surface area is 116 Å². The Morgan fingerprint density at radius 3 is 2.55 bits per heavy atom. The summed E-state index contributed by atoms with van der Waals surface area (Å²) in [5, 5.41) is 0. The van der Waals surface area contributed by atoms with E-state index in [1.165, 1.54) is 12.1 Å². The van der Waals surface area contributed by atoms with Gasteiger partial charge in [0.25, 0.3) is 0 Å². The van der Waals surface area contributed by atoms with E-state index < -0.39 is 11.7 Å². The molecular weight excluding hydrogens is 269 g/mol. The summed E-state index contributed by atoms with van der Waals surface area (Å²) in [4.78, 5) is 14.4. The van der Waals surface area contributed by atoms with Crippen molar-refractivity contribution in [3.63, 3.8) is 0 Å². The number of alkyl halides is 3. The molecule has 1 aliphatic rings. The van der Waals surface area contributed by atoms with Crippen molar-refractivity contribution in [2.24, 2.45) is 0 Å². The highest BCUT2D eigenvalue weighted by atomic mass is 19.4. The van der Waals surface area contributed by atoms with Crippen LogP contribution in [0.5, 0.6) is 0 Å². The zero-order chi connectivity index (χ0) is 14.9. The predicted octanol–water partition coefficient (Wildman–Crippen LogP) is 2.66. The van der Waals surface area contributed by atoms with Crippen molar-refractivity contribution in [1.29, 1.82) is 0 Å². The van der Waals surface area contributed by atoms with Crippen LogP contribution >= 0.6 is 0 Å². The molecule has 1 saturated heterocycles. The van der Waals surface area contributed by atoms with Crippen molar-refractivity contribution in [3.8, 4) is 0 Å². The van der Waals surface area contributed by atoms with Gasteiger partial charge in [-0.15, -0.1) is 0 Å². The standard InChI is InChI=1S/C14H17F3N2O/c1-18(2)11-5-6-19(8-11)13-4-3-10(9-20)7-12(13)14(15,16)17/h3-4,7,9,11H,5-6,8H2,1-2H3. The summed E-state index contributed by atoms with van der Waals surface area (Å²) in [6.45, 7) is 1.16. The third kappa shape index (κ3) is 2.95. The Morgan fingerprint density at radius 1 is 1.35 bits per heavy atom. The lowest BCUT2D eigenvalue weighted by molar-refractivity contribution is -0.137. The van der Waals surface area contributed by atoms with Gasteiger partial charge in [0.2, 0.25) is 0 Å². The SMILES string of the molecule is CN(C)C1CCN(c2ccc(C=O)cc2C(F)(F)F)C1. The maximum absolute atomic E-state index is 13.1. The van der Waals surface area contributed by atoms with Crippen molar-refractivity contribution in [2.45, 2.75) is 18.6 Å². The number of anilines is 1. The fourth-order valence-electron chi connectivity index (χ4n) is 2.51. The summed E-state index contributed by atoms with van der Waals surface area (Å²) >= 11 is 0. The van der Waals surface area contributed by atoms with Crippen LogP contribution in [0.25, 0.3) is 0 Å². The van der Waals surface area contributed by atoms with E-state index >= 15 is 0 Å². The lowest BCUT2D eigenvalue weighted by Gasteiger charge is -2.25. The second kappa shape index (κ2) is 5.44. The molecule has 1 aromatic rings. The van der Waals surface area contributed by atoms with Crippen LogP contribution in [0.2, 0.25) is 0 Å². The van der Waals surface area contributed by atoms with Crippen LogP contribution in [0.1, 0.15) is 22.3 Å². The van der Waals surface area contributed by atoms with Crippen molar-refractivity contribution in [2.75, 3.05) is 32.1 Å². The second-order valence-corrected chi connectivity index (χ2v) is 5.24. The van der Waals surface area contributed by atoms with Gasteiger partial charge in [-0.3, -0.25) is 4.79 Å². The van der Waals surface area contributed by atoms with Crippen LogP contribution < -0.4 is 4.90 Å². The van der Waals surface area contributed by atoms with Crippen LogP contribution in [-0.4, -0.2) is 44.4 Å². The normalized spacial score (nSPS) is 19.7. The number of halogens is 3. The molecule has 0 aromatic heterocycles. The first-order chi connectivity index (χ1) is 9.32. The molecule has 0 radical (unpaired) electrons. The molecule has 0 spiro atoms. The van der Waals surface area contributed by atoms with Crippen LogP contribution in [0, 0.1) is 0 Å². The first kappa shape index (κ1) is 14.8. The van der Waals surface area contributed by atoms with Gasteiger partial charge < -0.3 is 9.80 Å². The van der Waals surface area contributed by atoms with Crippen LogP contribution in [-0.2, 0) is 6.18 Å². The average Bonchev–Trinajstić information content (AvgIpc) is 2.86. The molecule has 0 N–H and O–H groups in total. The summed E-state index contributed by atoms with van der Waals surface area (Å²) in [5.41, 5.74) is -0.529. The molecule has 110 valence electrons. The Hall–Kier alpha value is -1.56. The summed E-state index contributed by atoms with van der Waals surface area (Å²) in [5.74, 6) is 0. The molecule has 3 nitrogen and oxygen atoms in total. The van der Waals surface area contributed by atoms with E-state index in [0.29, 0.717) is 19.4 Å². The van der Waals surface area contributed by atoms with E-state index in [4.69, 9.17) is 0 Å². The molecular formula is C14H17F3N2O. The van der Waals surface area contributed by atoms with Gasteiger partial charge in [0.15, 0.2) is 0 Å². The molecule has 1 aliphatic heterocycles. The number of aldehydes is 1. The highest BCUT2D eigenvalue weighted by Crippen LogP contribution is 2.38. The van der Waals surface area contributed by atoms with Gasteiger partial charge in [-0.2, -0.15) is 13.2 Å². The van der Waals surface area contributed by atoms with Gasteiger partial charge in [0.1, 0.15) is 6.29 Å². The number of rotatable bonds is 3. The third-order valence-corrected chi connectivity index (χ3v) is 3.70. The van der Waals surface area contributed by atoms with E-state index in [-0.39, 0.29) is 17.3 Å². The van der Waals surface area contributed by atoms with Gasteiger partial charge in [-0.05, 0) is 38.7 Å². The number of hydrogen-bond donors (Lipinski definition) is 0. The van der Waals surface area contributed by atoms with Gasteiger partial charge >= 0.3 is 6.18 Å². The van der Waals surface area contributed by atoms with Gasteiger partial charge in [-0.25, -0.2) is 0 Å². The second-order valence-electron chi connectivity index (χ2n) is 5.24. The number of nitrogens with zero attached hydrogens (tertiary/aromatic N) is 2. The maximum atomic E-state index is 13.1. The Kier molecular flexibility index (Phi) is 4.04. The van der Waals surface area contributed by atoms with Gasteiger partial charge in [0, 0.05) is 30.4 Å². The highest BCUT2D eigenvalue weighted by molar-refractivity contribution is 5.77. The van der Waals surface area contributed by atoms with Crippen molar-refractivity contribution in [3.05, 3.63) is 29.3 Å². The molecule has 0 aliphatic carbocycles. The molecule has 1 aromatic carbocycles. The molecule has 1 atom stereocenters. The summed E-state index contributed by atoms with van der Waals surface area (Å²) in [6.07, 6.45) is -3.18. The molecule has 1 heterocycles. The van der Waals surface area contributed by atoms with Crippen molar-refractivity contribution in [1.82, 2.24) is 4.90 Å². The Morgan fingerprint density at radius 2 is 2.05 bits per heavy atom. The quantitative estimate of drug-likeness (QED) is 0.798. The van der Waals surface area contributed by atoms with Crippen LogP contribution in [0.3, 0.4) is 0 Å². The largest absolute Gasteiger partial charge is 0.418 e. The van der Waals surface area contributed by atoms with Crippen LogP contribution in [0.4, 0.5) is 18.9 Å². The minimum Gasteiger partial charge on any atom is -0.369 e. The van der Waals surface area contributed by atoms with E-state index in [9.17, 15) is 18.0 Å². The molecule has 20 heavy (non-hydrogen) atoms. The molecule has 1 fully saturated rings. The third-order valence-electron chi connectivity index (χ3n) is 3.70. The van der Waals surface area contributed by atoms with Crippen molar-refractivity contribution < 1.29 is 18.0 Å². The first-order valence-corrected chi connectivity index (χ1v) is 6.40. The Bertz CT molecular complexity index is 500. The molecule has 0 bridgehead atoms. The van der Waals surface area contributed by atoms with Gasteiger partial charge in [0.05, 0.1) is 5.56 Å². The monoisotopic (exact) mass is 286 g/mol. The molecule has 1 unspecified atom stereocenters. The molecule has 2 rings (SSSR count). The molecule has 0 amide bonds. The zero-order valence-electron chi connectivity index (χ0n) is 11.4. The lowest BCUT2D eigenvalue weighted by Crippen LogP contribution is -2.32. The summed E-state index contributed by atoms with van der Waals surface area (Å²) in [7, 11) is 3.85. The van der Waals surface area contributed by atoms with Gasteiger partial charge in [-0.1, -0.05) is 0 Å². The minimum atomic E-state index is -4.45. The maximum Gasteiger partial charge on any atom is 0.418 e. The molecule has 6 heteroatoms. The highest BCUT2D eigenvalue weighted by Gasteiger charge is 2.36. The van der Waals surface area contributed by atoms with E-state index in [2.05, 4.69) is 0 Å². The topological polar surface area (TPSA) is 23.6 Å². The predicted molar refractivity (Wildman–Crippen MR) is 71.1 cm³/mol. The zero-order valence-corrected chi connectivity index (χ0v) is 11.4. The molecule has 0 saturated carbocycles. The Balaban J connectivity index is 2.35. The van der Waals surface area contributed by atoms with E-state index in [1.807, 2.05) is 19.0 Å². The number of likely N-dealkylation sites (N-methyl/N-ethyl adjacent to an activating group) is 1. The smallest absolute Gasteiger partial charge is 0.369 e. The summed E-state index contributed by atoms with van der Waals surface area (Å²) < 4.78 is 39.4. The number of hydrogen-bond acceptors (Lipinski definition) is 3. The van der Waals surface area contributed by atoms with E-state index in [0.717, 1.165) is 12.5 Å². The van der Waals surface area contributed by atoms with E-state index in [1.54, 1.807) is 4.90 Å². The van der Waals surface area contributed by atoms with Crippen LogP contribution in [0.15, 0.2) is 18.2 Å². The number of carbonyl (C=O) groups is 1. The first-order valence-electron chi connectivity index (χ1n) is 6.40. The average molecular weight is 286 g/mol. The van der Waals surface area contributed by atoms with Crippen molar-refractivity contribution >= 4 is 12.0 Å².